The summed E-state index contributed by atoms with van der Waals surface area (Å²) >= 11 is 0.0351. The van der Waals surface area contributed by atoms with Crippen LogP contribution in [0.1, 0.15) is 64.2 Å². The number of anilines is 4. The van der Waals surface area contributed by atoms with E-state index < -0.39 is 5.51 Å². The quantitative estimate of drug-likeness (QED) is 0.134. The molecule has 2 aliphatic carbocycles. The first kappa shape index (κ1) is 31.9. The van der Waals surface area contributed by atoms with Crippen molar-refractivity contribution in [1.29, 1.82) is 0 Å². The lowest BCUT2D eigenvalue weighted by Gasteiger charge is -2.50. The van der Waals surface area contributed by atoms with Gasteiger partial charge in [-0.1, -0.05) is 123 Å². The van der Waals surface area contributed by atoms with E-state index in [2.05, 4.69) is 107 Å². The summed E-state index contributed by atoms with van der Waals surface area (Å²) in [6.45, 7) is -0.151. The number of thioether (sulfide) groups is 1. The fraction of sp³-hybridized carbons (Fsp3) is 0.302. The molecule has 2 saturated carbocycles. The van der Waals surface area contributed by atoms with Gasteiger partial charge >= 0.3 is 5.51 Å². The minimum Gasteiger partial charge on any atom is -0.339 e. The third-order valence-corrected chi connectivity index (χ3v) is 12.2. The van der Waals surface area contributed by atoms with Gasteiger partial charge in [0.05, 0.1) is 0 Å². The van der Waals surface area contributed by atoms with E-state index in [0.29, 0.717) is 0 Å². The summed E-state index contributed by atoms with van der Waals surface area (Å²) in [6, 6.07) is 38.8. The maximum absolute atomic E-state index is 14.3. The molecule has 2 heterocycles. The molecular weight excluding hydrogens is 644 g/mol. The van der Waals surface area contributed by atoms with Crippen LogP contribution >= 0.6 is 11.8 Å². The zero-order valence-electron chi connectivity index (χ0n) is 28.1. The van der Waals surface area contributed by atoms with Crippen molar-refractivity contribution < 1.29 is 13.2 Å². The first-order chi connectivity index (χ1) is 24.5. The van der Waals surface area contributed by atoms with Gasteiger partial charge in [0.1, 0.15) is 0 Å². The minimum atomic E-state index is -4.38. The standard InChI is InChI=1S/C43H40BF3N2S/c45-43(46,47)50-33-27-38-42-39(28-33)49(32-21-11-4-12-22-32)37-26-14-24-35(30-17-7-2-8-18-30)41(37)44(42)40-34(29-15-5-1-6-16-29)23-13-25-36(40)48(38)31-19-9-3-10-20-31/h1-2,5-8,13-18,23-28,31-32H,3-4,9-12,19-22H2. The van der Waals surface area contributed by atoms with Gasteiger partial charge in [0.25, 0.3) is 6.71 Å². The topological polar surface area (TPSA) is 6.48 Å². The van der Waals surface area contributed by atoms with Crippen LogP contribution in [0.15, 0.2) is 114 Å². The van der Waals surface area contributed by atoms with Gasteiger partial charge in [-0.25, -0.2) is 0 Å². The van der Waals surface area contributed by atoms with E-state index in [0.717, 1.165) is 85.2 Å². The summed E-state index contributed by atoms with van der Waals surface area (Å²) in [5.74, 6) is 0. The summed E-state index contributed by atoms with van der Waals surface area (Å²) < 4.78 is 42.9. The Kier molecular flexibility index (Phi) is 8.22. The molecule has 0 bridgehead atoms. The summed E-state index contributed by atoms with van der Waals surface area (Å²) in [6.07, 6.45) is 11.1. The Morgan fingerprint density at radius 1 is 0.500 bits per heavy atom. The van der Waals surface area contributed by atoms with Gasteiger partial charge in [-0.05, 0) is 100 Å². The van der Waals surface area contributed by atoms with Crippen LogP contribution in [0, 0.1) is 0 Å². The Morgan fingerprint density at radius 2 is 0.940 bits per heavy atom. The number of benzene rings is 5. The molecule has 0 atom stereocenters. The van der Waals surface area contributed by atoms with Gasteiger partial charge in [0.2, 0.25) is 0 Å². The van der Waals surface area contributed by atoms with Gasteiger partial charge < -0.3 is 9.80 Å². The van der Waals surface area contributed by atoms with E-state index in [1.807, 2.05) is 12.1 Å². The number of hydrogen-bond donors (Lipinski definition) is 0. The summed E-state index contributed by atoms with van der Waals surface area (Å²) in [5.41, 5.74) is 8.21. The second-order valence-electron chi connectivity index (χ2n) is 14.4. The summed E-state index contributed by atoms with van der Waals surface area (Å²) in [5, 5.41) is 0. The number of rotatable bonds is 5. The van der Waals surface area contributed by atoms with Crippen molar-refractivity contribution in [3.8, 4) is 22.3 Å². The van der Waals surface area contributed by atoms with Crippen LogP contribution in [0.4, 0.5) is 35.9 Å². The predicted octanol–water partition coefficient (Wildman–Crippen LogP) is 10.7. The number of alkyl halides is 3. The maximum Gasteiger partial charge on any atom is 0.446 e. The van der Waals surface area contributed by atoms with E-state index in [1.165, 1.54) is 40.4 Å². The second kappa shape index (κ2) is 12.9. The number of fused-ring (bicyclic) bond motifs is 4. The van der Waals surface area contributed by atoms with E-state index in [1.54, 1.807) is 0 Å². The highest BCUT2D eigenvalue weighted by Crippen LogP contribution is 2.48. The average Bonchev–Trinajstić information content (AvgIpc) is 3.15. The lowest BCUT2D eigenvalue weighted by atomic mass is 9.31. The Bertz CT molecular complexity index is 1890. The minimum absolute atomic E-state index is 0.0351. The first-order valence-corrected chi connectivity index (χ1v) is 19.2. The molecule has 7 heteroatoms. The zero-order chi connectivity index (χ0) is 33.8. The van der Waals surface area contributed by atoms with Crippen molar-refractivity contribution in [1.82, 2.24) is 0 Å². The lowest BCUT2D eigenvalue weighted by Crippen LogP contribution is -2.65. The van der Waals surface area contributed by atoms with Crippen molar-refractivity contribution in [3.05, 3.63) is 109 Å². The molecule has 0 unspecified atom stereocenters. The third kappa shape index (κ3) is 5.53. The van der Waals surface area contributed by atoms with Gasteiger partial charge in [-0.15, -0.1) is 0 Å². The number of hydrogen-bond acceptors (Lipinski definition) is 3. The molecule has 0 spiro atoms. The normalized spacial score (nSPS) is 17.7. The SMILES string of the molecule is FC(F)(F)Sc1cc2c3c(c1)N(C1CCCCC1)c1cccc(-c4ccccc4)c1B3c1c(-c3ccccc3)cccc1N2C1CCCCC1. The third-order valence-electron chi connectivity index (χ3n) is 11.5. The maximum atomic E-state index is 14.3. The molecule has 4 aliphatic rings. The van der Waals surface area contributed by atoms with E-state index in [-0.39, 0.29) is 35.5 Å². The highest BCUT2D eigenvalue weighted by Gasteiger charge is 2.48. The van der Waals surface area contributed by atoms with Gasteiger partial charge in [0, 0.05) is 39.7 Å². The van der Waals surface area contributed by atoms with Crippen LogP contribution < -0.4 is 26.2 Å². The fourth-order valence-corrected chi connectivity index (χ4v) is 10.1. The van der Waals surface area contributed by atoms with E-state index in [4.69, 9.17) is 0 Å². The number of nitrogens with zero attached hydrogens (tertiary/aromatic N) is 2. The highest BCUT2D eigenvalue weighted by molar-refractivity contribution is 8.00. The average molecular weight is 685 g/mol. The summed E-state index contributed by atoms with van der Waals surface area (Å²) in [4.78, 5) is 5.23. The smallest absolute Gasteiger partial charge is 0.339 e. The van der Waals surface area contributed by atoms with Crippen LogP contribution in [0.25, 0.3) is 22.3 Å². The Morgan fingerprint density at radius 3 is 1.36 bits per heavy atom. The van der Waals surface area contributed by atoms with Crippen molar-refractivity contribution in [2.45, 2.75) is 86.7 Å². The monoisotopic (exact) mass is 684 g/mol. The van der Waals surface area contributed by atoms with Gasteiger partial charge in [0.15, 0.2) is 0 Å². The van der Waals surface area contributed by atoms with Crippen molar-refractivity contribution in [2.24, 2.45) is 0 Å². The molecule has 0 saturated heterocycles. The summed E-state index contributed by atoms with van der Waals surface area (Å²) in [7, 11) is 0. The number of halogens is 3. The van der Waals surface area contributed by atoms with Crippen molar-refractivity contribution in [2.75, 3.05) is 9.80 Å². The van der Waals surface area contributed by atoms with Crippen LogP contribution in [0.2, 0.25) is 0 Å². The molecule has 252 valence electrons. The van der Waals surface area contributed by atoms with Crippen molar-refractivity contribution >= 4 is 57.6 Å². The molecule has 50 heavy (non-hydrogen) atoms. The second-order valence-corrected chi connectivity index (χ2v) is 15.5. The highest BCUT2D eigenvalue weighted by atomic mass is 32.2. The van der Waals surface area contributed by atoms with Crippen LogP contribution in [-0.2, 0) is 0 Å². The van der Waals surface area contributed by atoms with Gasteiger partial charge in [-0.2, -0.15) is 13.2 Å². The van der Waals surface area contributed by atoms with E-state index in [9.17, 15) is 13.2 Å². The molecular formula is C43H40BF3N2S. The molecule has 0 aromatic heterocycles. The first-order valence-electron chi connectivity index (χ1n) is 18.3. The van der Waals surface area contributed by atoms with Crippen LogP contribution in [0.5, 0.6) is 0 Å². The molecule has 0 radical (unpaired) electrons. The largest absolute Gasteiger partial charge is 0.446 e. The van der Waals surface area contributed by atoms with Gasteiger partial charge in [-0.3, -0.25) is 0 Å². The fourth-order valence-electron chi connectivity index (χ4n) is 9.51. The van der Waals surface area contributed by atoms with Crippen LogP contribution in [0.3, 0.4) is 0 Å². The van der Waals surface area contributed by atoms with Crippen molar-refractivity contribution in [3.63, 3.8) is 0 Å². The molecule has 2 fully saturated rings. The molecule has 9 rings (SSSR count). The lowest BCUT2D eigenvalue weighted by molar-refractivity contribution is -0.0328. The van der Waals surface area contributed by atoms with E-state index >= 15 is 0 Å². The Balaban J connectivity index is 1.41. The molecule has 5 aromatic carbocycles. The predicted molar refractivity (Wildman–Crippen MR) is 205 cm³/mol. The molecule has 2 nitrogen and oxygen atoms in total. The van der Waals surface area contributed by atoms with Crippen LogP contribution in [-0.4, -0.2) is 24.3 Å². The Hall–Kier alpha value is -4.10. The molecule has 2 aliphatic heterocycles. The molecule has 0 amide bonds. The zero-order valence-corrected chi connectivity index (χ0v) is 28.9. The Labute approximate surface area is 297 Å². The molecule has 5 aromatic rings. The molecule has 0 N–H and O–H groups in total.